The number of rotatable bonds is 6. The van der Waals surface area contributed by atoms with Crippen molar-refractivity contribution in [1.82, 2.24) is 10.2 Å². The third-order valence-electron chi connectivity index (χ3n) is 3.41. The van der Waals surface area contributed by atoms with Gasteiger partial charge in [0, 0.05) is 18.3 Å². The molecule has 0 spiro atoms. The molecule has 0 aromatic heterocycles. The molecule has 1 saturated heterocycles. The second-order valence-corrected chi connectivity index (χ2v) is 6.36. The molecule has 2 unspecified atom stereocenters. The van der Waals surface area contributed by atoms with Gasteiger partial charge < -0.3 is 5.32 Å². The molecule has 3 nitrogen and oxygen atoms in total. The van der Waals surface area contributed by atoms with E-state index in [-0.39, 0.29) is 11.9 Å². The van der Waals surface area contributed by atoms with Gasteiger partial charge in [0.15, 0.2) is 0 Å². The number of carbonyl (C=O) groups excluding carboxylic acids is 1. The van der Waals surface area contributed by atoms with Crippen LogP contribution in [0.4, 0.5) is 0 Å². The highest BCUT2D eigenvalue weighted by molar-refractivity contribution is 7.99. The van der Waals surface area contributed by atoms with E-state index in [4.69, 9.17) is 0 Å². The largest absolute Gasteiger partial charge is 0.351 e. The van der Waals surface area contributed by atoms with Gasteiger partial charge in [0.25, 0.3) is 0 Å². The molecule has 1 N–H and O–H groups in total. The van der Waals surface area contributed by atoms with E-state index in [9.17, 15) is 4.79 Å². The molecule has 1 rings (SSSR count). The highest BCUT2D eigenvalue weighted by Gasteiger charge is 2.25. The zero-order valence-corrected chi connectivity index (χ0v) is 12.5. The topological polar surface area (TPSA) is 32.3 Å². The van der Waals surface area contributed by atoms with Crippen LogP contribution in [0.15, 0.2) is 12.7 Å². The maximum absolute atomic E-state index is 12.0. The highest BCUT2D eigenvalue weighted by Crippen LogP contribution is 2.23. The summed E-state index contributed by atoms with van der Waals surface area (Å²) in [6.07, 6.45) is 5.51. The molecule has 1 heterocycles. The number of hydrogen-bond donors (Lipinski definition) is 1. The van der Waals surface area contributed by atoms with E-state index in [0.717, 1.165) is 18.8 Å². The van der Waals surface area contributed by atoms with Gasteiger partial charge in [-0.1, -0.05) is 19.4 Å². The monoisotopic (exact) mass is 270 g/mol. The van der Waals surface area contributed by atoms with Crippen LogP contribution in [0.2, 0.25) is 0 Å². The Balaban J connectivity index is 2.50. The smallest absolute Gasteiger partial charge is 0.237 e. The normalized spacial score (nSPS) is 23.1. The van der Waals surface area contributed by atoms with Crippen molar-refractivity contribution in [2.45, 2.75) is 44.4 Å². The number of thioether (sulfide) groups is 1. The van der Waals surface area contributed by atoms with Gasteiger partial charge in [-0.3, -0.25) is 9.69 Å². The second kappa shape index (κ2) is 8.59. The second-order valence-electron chi connectivity index (χ2n) is 4.78. The molecule has 1 aliphatic rings. The molecule has 104 valence electrons. The van der Waals surface area contributed by atoms with E-state index < -0.39 is 0 Å². The molecule has 0 bridgehead atoms. The van der Waals surface area contributed by atoms with Gasteiger partial charge in [0.05, 0.1) is 6.04 Å². The molecule has 0 aromatic carbocycles. The average molecular weight is 270 g/mol. The van der Waals surface area contributed by atoms with Gasteiger partial charge in [-0.25, -0.2) is 0 Å². The summed E-state index contributed by atoms with van der Waals surface area (Å²) in [5, 5.41) is 3.58. The Labute approximate surface area is 115 Å². The van der Waals surface area contributed by atoms with Crippen LogP contribution in [-0.2, 0) is 4.79 Å². The maximum Gasteiger partial charge on any atom is 0.237 e. The molecule has 1 amide bonds. The number of nitrogens with one attached hydrogen (secondary N) is 1. The molecule has 18 heavy (non-hydrogen) atoms. The van der Waals surface area contributed by atoms with Gasteiger partial charge in [-0.15, -0.1) is 6.58 Å². The van der Waals surface area contributed by atoms with Crippen LogP contribution in [0.3, 0.4) is 0 Å². The van der Waals surface area contributed by atoms with Crippen molar-refractivity contribution in [2.75, 3.05) is 25.4 Å². The van der Waals surface area contributed by atoms with E-state index in [1.807, 2.05) is 18.7 Å². The molecular formula is C14H26N2OS. The van der Waals surface area contributed by atoms with Gasteiger partial charge in [0.1, 0.15) is 0 Å². The molecule has 0 radical (unpaired) electrons. The van der Waals surface area contributed by atoms with Crippen LogP contribution in [-0.4, -0.2) is 47.5 Å². The highest BCUT2D eigenvalue weighted by atomic mass is 32.2. The minimum absolute atomic E-state index is 0.0250. The molecule has 0 saturated carbocycles. The van der Waals surface area contributed by atoms with Crippen molar-refractivity contribution in [2.24, 2.45) is 0 Å². The van der Waals surface area contributed by atoms with Crippen molar-refractivity contribution in [3.05, 3.63) is 12.7 Å². The van der Waals surface area contributed by atoms with Crippen molar-refractivity contribution < 1.29 is 4.79 Å². The zero-order valence-electron chi connectivity index (χ0n) is 11.7. The molecule has 0 aliphatic carbocycles. The van der Waals surface area contributed by atoms with Crippen molar-refractivity contribution in [3.8, 4) is 0 Å². The first kappa shape index (κ1) is 15.6. The molecule has 1 fully saturated rings. The van der Waals surface area contributed by atoms with Crippen LogP contribution < -0.4 is 5.32 Å². The van der Waals surface area contributed by atoms with E-state index in [0.29, 0.717) is 11.8 Å². The van der Waals surface area contributed by atoms with E-state index >= 15 is 0 Å². The standard InChI is InChI=1S/C14H26N2OS/c1-4-9-15-14(17)12(3)16-10-7-6-8-13(11-16)18-5-2/h4,12-13H,1,5-11H2,2-3H3,(H,15,17). The summed E-state index contributed by atoms with van der Waals surface area (Å²) in [5.41, 5.74) is 0. The van der Waals surface area contributed by atoms with Crippen LogP contribution >= 0.6 is 11.8 Å². The number of carbonyl (C=O) groups is 1. The average Bonchev–Trinajstić information content (AvgIpc) is 2.61. The van der Waals surface area contributed by atoms with Crippen molar-refractivity contribution >= 4 is 17.7 Å². The lowest BCUT2D eigenvalue weighted by atomic mass is 10.2. The third kappa shape index (κ3) is 5.02. The van der Waals surface area contributed by atoms with Crippen molar-refractivity contribution in [3.63, 3.8) is 0 Å². The molecule has 0 aromatic rings. The van der Waals surface area contributed by atoms with Crippen LogP contribution in [0.5, 0.6) is 0 Å². The van der Waals surface area contributed by atoms with E-state index in [1.54, 1.807) is 6.08 Å². The Morgan fingerprint density at radius 1 is 1.61 bits per heavy atom. The summed E-state index contributed by atoms with van der Waals surface area (Å²) in [5.74, 6) is 1.28. The zero-order chi connectivity index (χ0) is 13.4. The fourth-order valence-electron chi connectivity index (χ4n) is 2.34. The lowest BCUT2D eigenvalue weighted by Gasteiger charge is -2.29. The quantitative estimate of drug-likeness (QED) is 0.752. The fraction of sp³-hybridized carbons (Fsp3) is 0.786. The molecule has 2 atom stereocenters. The summed E-state index contributed by atoms with van der Waals surface area (Å²) in [4.78, 5) is 14.3. The summed E-state index contributed by atoms with van der Waals surface area (Å²) in [7, 11) is 0. The first-order valence-corrected chi connectivity index (χ1v) is 7.98. The van der Waals surface area contributed by atoms with Crippen LogP contribution in [0.1, 0.15) is 33.1 Å². The SMILES string of the molecule is C=CCNC(=O)C(C)N1CCCCC(SCC)C1. The van der Waals surface area contributed by atoms with E-state index in [1.165, 1.54) is 19.3 Å². The Bertz CT molecular complexity index is 271. The minimum atomic E-state index is -0.0250. The number of amides is 1. The van der Waals surface area contributed by atoms with E-state index in [2.05, 4.69) is 23.7 Å². The first-order valence-electron chi connectivity index (χ1n) is 6.93. The Kier molecular flexibility index (Phi) is 7.44. The summed E-state index contributed by atoms with van der Waals surface area (Å²) >= 11 is 2.03. The number of nitrogens with zero attached hydrogens (tertiary/aromatic N) is 1. The predicted molar refractivity (Wildman–Crippen MR) is 80.0 cm³/mol. The Morgan fingerprint density at radius 2 is 2.39 bits per heavy atom. The molecule has 1 aliphatic heterocycles. The summed E-state index contributed by atoms with van der Waals surface area (Å²) < 4.78 is 0. The lowest BCUT2D eigenvalue weighted by Crippen LogP contribution is -2.47. The fourth-order valence-corrected chi connectivity index (χ4v) is 3.44. The molecular weight excluding hydrogens is 244 g/mol. The lowest BCUT2D eigenvalue weighted by molar-refractivity contribution is -0.125. The predicted octanol–water partition coefficient (Wildman–Crippen LogP) is 2.28. The number of hydrogen-bond acceptors (Lipinski definition) is 3. The minimum Gasteiger partial charge on any atom is -0.351 e. The summed E-state index contributed by atoms with van der Waals surface area (Å²) in [6.45, 7) is 10.5. The maximum atomic E-state index is 12.0. The molecule has 4 heteroatoms. The van der Waals surface area contributed by atoms with Gasteiger partial charge in [-0.2, -0.15) is 11.8 Å². The van der Waals surface area contributed by atoms with Gasteiger partial charge >= 0.3 is 0 Å². The first-order chi connectivity index (χ1) is 8.69. The summed E-state index contributed by atoms with van der Waals surface area (Å²) in [6, 6.07) is -0.0250. The van der Waals surface area contributed by atoms with Crippen molar-refractivity contribution in [1.29, 1.82) is 0 Å². The number of likely N-dealkylation sites (tertiary alicyclic amines) is 1. The van der Waals surface area contributed by atoms with Crippen LogP contribution in [0.25, 0.3) is 0 Å². The Hall–Kier alpha value is -0.480. The Morgan fingerprint density at radius 3 is 3.06 bits per heavy atom. The third-order valence-corrected chi connectivity index (χ3v) is 4.60. The van der Waals surface area contributed by atoms with Gasteiger partial charge in [-0.05, 0) is 32.1 Å². The van der Waals surface area contributed by atoms with Crippen LogP contribution in [0, 0.1) is 0 Å². The van der Waals surface area contributed by atoms with Gasteiger partial charge in [0.2, 0.25) is 5.91 Å².